The van der Waals surface area contributed by atoms with Crippen molar-refractivity contribution in [3.05, 3.63) is 28.2 Å². The minimum absolute atomic E-state index is 0.186. The quantitative estimate of drug-likeness (QED) is 0.735. The van der Waals surface area contributed by atoms with Crippen molar-refractivity contribution in [1.29, 1.82) is 0 Å². The van der Waals surface area contributed by atoms with Crippen molar-refractivity contribution < 1.29 is 18.3 Å². The van der Waals surface area contributed by atoms with Crippen LogP contribution >= 0.6 is 15.9 Å². The summed E-state index contributed by atoms with van der Waals surface area (Å²) in [5.74, 6) is 0.190. The number of rotatable bonds is 8. The van der Waals surface area contributed by atoms with Gasteiger partial charge in [0.1, 0.15) is 5.75 Å². The van der Waals surface area contributed by atoms with Crippen molar-refractivity contribution in [1.82, 2.24) is 5.32 Å². The molecule has 3 nitrogen and oxygen atoms in total. The zero-order valence-electron chi connectivity index (χ0n) is 11.0. The van der Waals surface area contributed by atoms with E-state index in [9.17, 15) is 8.78 Å². The maximum Gasteiger partial charge on any atom is 0.387 e. The summed E-state index contributed by atoms with van der Waals surface area (Å²) in [5.41, 5.74) is 0.680. The highest BCUT2D eigenvalue weighted by Crippen LogP contribution is 2.24. The van der Waals surface area contributed by atoms with E-state index >= 15 is 0 Å². The Bertz CT molecular complexity index is 389. The van der Waals surface area contributed by atoms with Crippen LogP contribution in [0.5, 0.6) is 5.75 Å². The van der Waals surface area contributed by atoms with E-state index in [4.69, 9.17) is 4.74 Å². The Morgan fingerprint density at radius 3 is 2.68 bits per heavy atom. The van der Waals surface area contributed by atoms with Crippen LogP contribution in [0.3, 0.4) is 0 Å². The number of benzene rings is 1. The summed E-state index contributed by atoms with van der Waals surface area (Å²) in [5, 5.41) is 3.13. The van der Waals surface area contributed by atoms with Crippen LogP contribution < -0.4 is 10.1 Å². The van der Waals surface area contributed by atoms with Gasteiger partial charge in [-0.25, -0.2) is 0 Å². The smallest absolute Gasteiger partial charge is 0.387 e. The van der Waals surface area contributed by atoms with Crippen molar-refractivity contribution in [2.45, 2.75) is 33.1 Å². The lowest BCUT2D eigenvalue weighted by Crippen LogP contribution is -2.21. The summed E-state index contributed by atoms with van der Waals surface area (Å²) in [6, 6.07) is 4.95. The molecule has 1 N–H and O–H groups in total. The summed E-state index contributed by atoms with van der Waals surface area (Å²) in [6.45, 7) is 2.79. The number of hydrogen-bond donors (Lipinski definition) is 1. The fourth-order valence-electron chi connectivity index (χ4n) is 1.49. The van der Waals surface area contributed by atoms with E-state index in [1.54, 1.807) is 12.1 Å². The molecule has 0 aliphatic carbocycles. The molecule has 6 heteroatoms. The van der Waals surface area contributed by atoms with Crippen LogP contribution in [0.2, 0.25) is 0 Å². The Balaban J connectivity index is 2.48. The number of halogens is 3. The summed E-state index contributed by atoms with van der Waals surface area (Å²) >= 11 is 3.31. The summed E-state index contributed by atoms with van der Waals surface area (Å²) in [4.78, 5) is 0. The predicted octanol–water partition coefficient (Wildman–Crippen LogP) is 3.57. The van der Waals surface area contributed by atoms with Crippen molar-refractivity contribution in [2.75, 3.05) is 13.2 Å². The van der Waals surface area contributed by atoms with E-state index in [-0.39, 0.29) is 11.9 Å². The van der Waals surface area contributed by atoms with E-state index in [2.05, 4.69) is 26.0 Å². The molecule has 0 unspecified atom stereocenters. The first-order chi connectivity index (χ1) is 8.99. The molecule has 0 amide bonds. The van der Waals surface area contributed by atoms with Crippen LogP contribution in [-0.4, -0.2) is 25.9 Å². The molecule has 1 aromatic rings. The summed E-state index contributed by atoms with van der Waals surface area (Å²) in [7, 11) is 0. The summed E-state index contributed by atoms with van der Waals surface area (Å²) < 4.78 is 35.2. The first kappa shape index (κ1) is 16.3. The normalized spacial score (nSPS) is 11.3. The molecule has 0 aliphatic heterocycles. The molecule has 0 atom stereocenters. The minimum Gasteiger partial charge on any atom is -0.434 e. The second-order valence-electron chi connectivity index (χ2n) is 4.23. The molecule has 0 aliphatic rings. The first-order valence-electron chi connectivity index (χ1n) is 6.04. The SMILES string of the molecule is CC(C)OCCNCc1cc(Br)ccc1OC(F)F. The van der Waals surface area contributed by atoms with Gasteiger partial charge in [-0.2, -0.15) is 8.78 Å². The van der Waals surface area contributed by atoms with E-state index < -0.39 is 6.61 Å². The number of hydrogen-bond acceptors (Lipinski definition) is 3. The van der Waals surface area contributed by atoms with Crippen molar-refractivity contribution in [3.8, 4) is 5.75 Å². The van der Waals surface area contributed by atoms with Gasteiger partial charge in [0.25, 0.3) is 0 Å². The van der Waals surface area contributed by atoms with Gasteiger partial charge in [-0.1, -0.05) is 15.9 Å². The maximum atomic E-state index is 12.3. The van der Waals surface area contributed by atoms with Gasteiger partial charge in [-0.05, 0) is 32.0 Å². The lowest BCUT2D eigenvalue weighted by Gasteiger charge is -2.12. The highest BCUT2D eigenvalue weighted by molar-refractivity contribution is 9.10. The summed E-state index contributed by atoms with van der Waals surface area (Å²) in [6.07, 6.45) is 0.186. The molecule has 0 bridgehead atoms. The van der Waals surface area contributed by atoms with Crippen molar-refractivity contribution >= 4 is 15.9 Å². The predicted molar refractivity (Wildman–Crippen MR) is 73.6 cm³/mol. The van der Waals surface area contributed by atoms with Gasteiger partial charge in [-0.3, -0.25) is 0 Å². The third kappa shape index (κ3) is 6.84. The van der Waals surface area contributed by atoms with Gasteiger partial charge in [0.2, 0.25) is 0 Å². The maximum absolute atomic E-state index is 12.3. The molecular formula is C13H18BrF2NO2. The van der Waals surface area contributed by atoms with E-state index in [1.165, 1.54) is 6.07 Å². The Hall–Kier alpha value is -0.720. The molecular weight excluding hydrogens is 320 g/mol. The fraction of sp³-hybridized carbons (Fsp3) is 0.538. The monoisotopic (exact) mass is 337 g/mol. The van der Waals surface area contributed by atoms with Gasteiger partial charge in [0, 0.05) is 23.1 Å². The van der Waals surface area contributed by atoms with E-state index in [0.717, 1.165) is 4.47 Å². The van der Waals surface area contributed by atoms with E-state index in [1.807, 2.05) is 13.8 Å². The molecule has 108 valence electrons. The highest BCUT2D eigenvalue weighted by atomic mass is 79.9. The van der Waals surface area contributed by atoms with Crippen LogP contribution in [0.1, 0.15) is 19.4 Å². The van der Waals surface area contributed by atoms with Gasteiger partial charge in [0.05, 0.1) is 12.7 Å². The lowest BCUT2D eigenvalue weighted by atomic mass is 10.2. The Labute approximate surface area is 120 Å². The van der Waals surface area contributed by atoms with Gasteiger partial charge in [-0.15, -0.1) is 0 Å². The Kier molecular flexibility index (Phi) is 7.27. The van der Waals surface area contributed by atoms with Crippen LogP contribution in [0, 0.1) is 0 Å². The van der Waals surface area contributed by atoms with Crippen LogP contribution in [-0.2, 0) is 11.3 Å². The average molecular weight is 338 g/mol. The second kappa shape index (κ2) is 8.45. The zero-order valence-corrected chi connectivity index (χ0v) is 12.5. The molecule has 0 spiro atoms. The second-order valence-corrected chi connectivity index (χ2v) is 5.14. The molecule has 1 aromatic carbocycles. The third-order valence-electron chi connectivity index (χ3n) is 2.28. The number of ether oxygens (including phenoxy) is 2. The van der Waals surface area contributed by atoms with Crippen molar-refractivity contribution in [2.24, 2.45) is 0 Å². The first-order valence-corrected chi connectivity index (χ1v) is 6.84. The standard InChI is InChI=1S/C13H18BrF2NO2/c1-9(2)18-6-5-17-8-10-7-11(14)3-4-12(10)19-13(15)16/h3-4,7,9,13,17H,5-6,8H2,1-2H3. The average Bonchev–Trinajstić information content (AvgIpc) is 2.31. The lowest BCUT2D eigenvalue weighted by molar-refractivity contribution is -0.0505. The molecule has 0 saturated carbocycles. The van der Waals surface area contributed by atoms with Crippen LogP contribution in [0.15, 0.2) is 22.7 Å². The van der Waals surface area contributed by atoms with Crippen LogP contribution in [0.25, 0.3) is 0 Å². The third-order valence-corrected chi connectivity index (χ3v) is 2.78. The molecule has 19 heavy (non-hydrogen) atoms. The largest absolute Gasteiger partial charge is 0.434 e. The Morgan fingerprint density at radius 2 is 2.05 bits per heavy atom. The van der Waals surface area contributed by atoms with Crippen LogP contribution in [0.4, 0.5) is 8.78 Å². The molecule has 0 aromatic heterocycles. The molecule has 0 fully saturated rings. The van der Waals surface area contributed by atoms with Gasteiger partial charge in [0.15, 0.2) is 0 Å². The fourth-order valence-corrected chi connectivity index (χ4v) is 1.90. The van der Waals surface area contributed by atoms with E-state index in [0.29, 0.717) is 25.3 Å². The minimum atomic E-state index is -2.82. The van der Waals surface area contributed by atoms with Gasteiger partial charge >= 0.3 is 6.61 Å². The van der Waals surface area contributed by atoms with Gasteiger partial charge < -0.3 is 14.8 Å². The number of alkyl halides is 2. The highest BCUT2D eigenvalue weighted by Gasteiger charge is 2.09. The number of nitrogens with one attached hydrogen (secondary N) is 1. The molecule has 0 saturated heterocycles. The van der Waals surface area contributed by atoms with Crippen molar-refractivity contribution in [3.63, 3.8) is 0 Å². The Morgan fingerprint density at radius 1 is 1.32 bits per heavy atom. The molecule has 0 heterocycles. The molecule has 0 radical (unpaired) electrons. The molecule has 1 rings (SSSR count). The zero-order chi connectivity index (χ0) is 14.3. The topological polar surface area (TPSA) is 30.5 Å².